The van der Waals surface area contributed by atoms with Gasteiger partial charge < -0.3 is 10.9 Å². The fraction of sp³-hybridized carbons (Fsp3) is 0.125. The highest BCUT2D eigenvalue weighted by Gasteiger charge is 2.16. The van der Waals surface area contributed by atoms with Crippen LogP contribution < -0.4 is 5.73 Å². The number of sulfone groups is 1. The van der Waals surface area contributed by atoms with Crippen molar-refractivity contribution in [2.45, 2.75) is 4.90 Å². The first kappa shape index (κ1) is 11.8. The smallest absolute Gasteiger partial charge is 0.185 e. The van der Waals surface area contributed by atoms with E-state index >= 15 is 0 Å². The van der Waals surface area contributed by atoms with Crippen LogP contribution in [0.15, 0.2) is 34.3 Å². The van der Waals surface area contributed by atoms with Crippen molar-refractivity contribution in [2.24, 2.45) is 10.9 Å². The molecule has 82 valence electrons. The van der Waals surface area contributed by atoms with Crippen LogP contribution in [0.4, 0.5) is 0 Å². The van der Waals surface area contributed by atoms with Crippen LogP contribution in [-0.2, 0) is 9.84 Å². The monoisotopic (exact) mass is 248 g/mol. The van der Waals surface area contributed by atoms with Gasteiger partial charge in [0.05, 0.1) is 4.90 Å². The van der Waals surface area contributed by atoms with Crippen LogP contribution in [0.2, 0.25) is 5.02 Å². The van der Waals surface area contributed by atoms with Gasteiger partial charge in [-0.1, -0.05) is 16.8 Å². The molecule has 0 saturated carbocycles. The summed E-state index contributed by atoms with van der Waals surface area (Å²) < 4.78 is 23.2. The minimum Gasteiger partial charge on any atom is -0.409 e. The average molecular weight is 249 g/mol. The Labute approximate surface area is 92.1 Å². The number of hydrogen-bond donors (Lipinski definition) is 2. The molecule has 1 aromatic carbocycles. The van der Waals surface area contributed by atoms with Crippen molar-refractivity contribution in [3.63, 3.8) is 0 Å². The quantitative estimate of drug-likeness (QED) is 0.359. The molecule has 15 heavy (non-hydrogen) atoms. The molecule has 5 nitrogen and oxygen atoms in total. The number of nitrogens with two attached hydrogens (primary N) is 1. The van der Waals surface area contributed by atoms with Crippen molar-refractivity contribution in [2.75, 3.05) is 5.75 Å². The first-order valence-corrected chi connectivity index (χ1v) is 5.93. The summed E-state index contributed by atoms with van der Waals surface area (Å²) in [4.78, 5) is 0.0819. The number of amidine groups is 1. The highest BCUT2D eigenvalue weighted by Crippen LogP contribution is 2.15. The number of halogens is 1. The SMILES string of the molecule is N/C(CS(=O)(=O)c1ccc(Cl)cc1)=N/O. The van der Waals surface area contributed by atoms with E-state index in [0.717, 1.165) is 0 Å². The van der Waals surface area contributed by atoms with Gasteiger partial charge in [-0.3, -0.25) is 0 Å². The predicted octanol–water partition coefficient (Wildman–Crippen LogP) is 0.860. The topological polar surface area (TPSA) is 92.8 Å². The van der Waals surface area contributed by atoms with E-state index in [2.05, 4.69) is 5.16 Å². The molecule has 0 aliphatic rings. The molecule has 0 unspecified atom stereocenters. The largest absolute Gasteiger partial charge is 0.409 e. The van der Waals surface area contributed by atoms with E-state index in [1.165, 1.54) is 24.3 Å². The number of nitrogens with zero attached hydrogens (tertiary/aromatic N) is 1. The molecule has 0 saturated heterocycles. The summed E-state index contributed by atoms with van der Waals surface area (Å²) in [6, 6.07) is 5.64. The standard InChI is InChI=1S/C8H9ClN2O3S/c9-6-1-3-7(4-2-6)15(13,14)5-8(10)11-12/h1-4,12H,5H2,(H2,10,11). The molecule has 0 fully saturated rings. The van der Waals surface area contributed by atoms with E-state index in [1.807, 2.05) is 0 Å². The molecule has 0 aliphatic heterocycles. The molecular weight excluding hydrogens is 240 g/mol. The van der Waals surface area contributed by atoms with E-state index < -0.39 is 15.6 Å². The molecule has 0 spiro atoms. The normalized spacial score (nSPS) is 12.7. The molecule has 0 aromatic heterocycles. The van der Waals surface area contributed by atoms with Gasteiger partial charge in [0.15, 0.2) is 15.7 Å². The van der Waals surface area contributed by atoms with Crippen LogP contribution in [0.3, 0.4) is 0 Å². The lowest BCUT2D eigenvalue weighted by molar-refractivity contribution is 0.318. The van der Waals surface area contributed by atoms with E-state index in [1.54, 1.807) is 0 Å². The first-order chi connectivity index (χ1) is 6.95. The summed E-state index contributed by atoms with van der Waals surface area (Å²) in [5.74, 6) is -0.879. The van der Waals surface area contributed by atoms with Gasteiger partial charge in [0.2, 0.25) is 0 Å². The van der Waals surface area contributed by atoms with Gasteiger partial charge in [-0.15, -0.1) is 0 Å². The van der Waals surface area contributed by atoms with Gasteiger partial charge in [0.25, 0.3) is 0 Å². The fourth-order valence-electron chi connectivity index (χ4n) is 0.949. The van der Waals surface area contributed by atoms with Gasteiger partial charge in [0, 0.05) is 5.02 Å². The van der Waals surface area contributed by atoms with Gasteiger partial charge in [-0.05, 0) is 24.3 Å². The first-order valence-electron chi connectivity index (χ1n) is 3.90. The third-order valence-corrected chi connectivity index (χ3v) is 3.56. The van der Waals surface area contributed by atoms with Gasteiger partial charge in [0.1, 0.15) is 5.75 Å². The van der Waals surface area contributed by atoms with Crippen LogP contribution in [0, 0.1) is 0 Å². The van der Waals surface area contributed by atoms with E-state index in [-0.39, 0.29) is 10.7 Å². The Morgan fingerprint density at radius 1 is 1.40 bits per heavy atom. The molecule has 3 N–H and O–H groups in total. The molecule has 0 atom stereocenters. The van der Waals surface area contributed by atoms with Crippen LogP contribution in [0.5, 0.6) is 0 Å². The van der Waals surface area contributed by atoms with Gasteiger partial charge in [-0.2, -0.15) is 0 Å². The van der Waals surface area contributed by atoms with E-state index in [9.17, 15) is 8.42 Å². The Balaban J connectivity index is 3.02. The summed E-state index contributed by atoms with van der Waals surface area (Å²) in [5, 5.41) is 11.3. The lowest BCUT2D eigenvalue weighted by atomic mass is 10.4. The molecule has 0 heterocycles. The molecule has 0 bridgehead atoms. The zero-order valence-corrected chi connectivity index (χ0v) is 9.16. The van der Waals surface area contributed by atoms with Crippen LogP contribution in [-0.4, -0.2) is 25.2 Å². The molecule has 0 amide bonds. The van der Waals surface area contributed by atoms with Crippen LogP contribution in [0.25, 0.3) is 0 Å². The zero-order chi connectivity index (χ0) is 11.5. The van der Waals surface area contributed by atoms with Crippen molar-refractivity contribution in [1.82, 2.24) is 0 Å². The highest BCUT2D eigenvalue weighted by molar-refractivity contribution is 7.92. The lowest BCUT2D eigenvalue weighted by Gasteiger charge is -2.02. The molecule has 0 radical (unpaired) electrons. The zero-order valence-electron chi connectivity index (χ0n) is 7.59. The third kappa shape index (κ3) is 3.10. The summed E-state index contributed by atoms with van der Waals surface area (Å²) in [6.45, 7) is 0. The average Bonchev–Trinajstić information content (AvgIpc) is 2.17. The summed E-state index contributed by atoms with van der Waals surface area (Å²) in [6.07, 6.45) is 0. The number of rotatable bonds is 3. The van der Waals surface area contributed by atoms with Crippen molar-refractivity contribution in [3.05, 3.63) is 29.3 Å². The Bertz CT molecular complexity index is 467. The second-order valence-corrected chi connectivity index (χ2v) is 5.23. The highest BCUT2D eigenvalue weighted by atomic mass is 35.5. The van der Waals surface area contributed by atoms with Crippen molar-refractivity contribution in [1.29, 1.82) is 0 Å². The lowest BCUT2D eigenvalue weighted by Crippen LogP contribution is -2.23. The van der Waals surface area contributed by atoms with Crippen molar-refractivity contribution in [3.8, 4) is 0 Å². The van der Waals surface area contributed by atoms with Gasteiger partial charge in [-0.25, -0.2) is 8.42 Å². The molecule has 1 rings (SSSR count). The van der Waals surface area contributed by atoms with Crippen LogP contribution in [0.1, 0.15) is 0 Å². The maximum absolute atomic E-state index is 11.6. The Morgan fingerprint density at radius 3 is 2.40 bits per heavy atom. The second kappa shape index (κ2) is 4.50. The second-order valence-electron chi connectivity index (χ2n) is 2.80. The van der Waals surface area contributed by atoms with Crippen LogP contribution >= 0.6 is 11.6 Å². The number of oxime groups is 1. The molecule has 1 aromatic rings. The Hall–Kier alpha value is -1.27. The summed E-state index contributed by atoms with van der Waals surface area (Å²) >= 11 is 5.61. The maximum atomic E-state index is 11.6. The van der Waals surface area contributed by atoms with E-state index in [4.69, 9.17) is 22.5 Å². The van der Waals surface area contributed by atoms with Gasteiger partial charge >= 0.3 is 0 Å². The Kier molecular flexibility index (Phi) is 3.54. The maximum Gasteiger partial charge on any atom is 0.185 e. The summed E-state index contributed by atoms with van der Waals surface area (Å²) in [5.41, 5.74) is 5.12. The number of hydrogen-bond acceptors (Lipinski definition) is 4. The third-order valence-electron chi connectivity index (χ3n) is 1.64. The molecule has 0 aliphatic carbocycles. The Morgan fingerprint density at radius 2 is 1.93 bits per heavy atom. The van der Waals surface area contributed by atoms with Crippen molar-refractivity contribution < 1.29 is 13.6 Å². The predicted molar refractivity (Wildman–Crippen MR) is 56.9 cm³/mol. The van der Waals surface area contributed by atoms with E-state index in [0.29, 0.717) is 5.02 Å². The van der Waals surface area contributed by atoms with Crippen molar-refractivity contribution >= 4 is 27.3 Å². The number of benzene rings is 1. The molecule has 7 heteroatoms. The minimum atomic E-state index is -3.56. The fourth-order valence-corrected chi connectivity index (χ4v) is 2.24. The summed E-state index contributed by atoms with van der Waals surface area (Å²) in [7, 11) is -3.56. The minimum absolute atomic E-state index is 0.0819. The molecular formula is C8H9ClN2O3S.